The zero-order valence-electron chi connectivity index (χ0n) is 16.3. The summed E-state index contributed by atoms with van der Waals surface area (Å²) in [5, 5.41) is 3.51. The molecule has 1 aromatic rings. The smallest absolute Gasteiger partial charge is 0.338 e. The van der Waals surface area contributed by atoms with E-state index in [1.165, 1.54) is 5.56 Å². The maximum absolute atomic E-state index is 12.0. The molecule has 0 saturated heterocycles. The largest absolute Gasteiger partial charge is 0.462 e. The number of rotatable bonds is 5. The number of carbonyl (C=O) groups excluding carboxylic acids is 1. The first kappa shape index (κ1) is 20.5. The third-order valence-electron chi connectivity index (χ3n) is 4.66. The molecule has 24 heavy (non-hydrogen) atoms. The number of anilines is 1. The van der Waals surface area contributed by atoms with Crippen LogP contribution < -0.4 is 5.32 Å². The number of hydrogen-bond acceptors (Lipinski definition) is 4. The van der Waals surface area contributed by atoms with Crippen LogP contribution in [0.1, 0.15) is 69.9 Å². The summed E-state index contributed by atoms with van der Waals surface area (Å²) < 4.78 is 5.14. The van der Waals surface area contributed by atoms with Gasteiger partial charge in [0.1, 0.15) is 0 Å². The van der Waals surface area contributed by atoms with E-state index in [-0.39, 0.29) is 5.97 Å². The van der Waals surface area contributed by atoms with Crippen molar-refractivity contribution in [1.29, 1.82) is 0 Å². The molecule has 0 radical (unpaired) electrons. The number of nitrogens with one attached hydrogen (secondary N) is 1. The predicted octanol–water partition coefficient (Wildman–Crippen LogP) is 4.72. The molecule has 0 aliphatic carbocycles. The van der Waals surface area contributed by atoms with Crippen molar-refractivity contribution >= 4 is 11.7 Å². The minimum atomic E-state index is -0.241. The standard InChI is InChI=1S/C18H28N2O2.C2H6/c1-6-13-11-19-16-9-8-14(18(21)22-7-2)10-15(16)17(13)20(5)12(3)4;1-2/h8-10,12-13,17,19H,6-7,11H2,1-5H3;1-2H3. The minimum Gasteiger partial charge on any atom is -0.462 e. The van der Waals surface area contributed by atoms with E-state index in [4.69, 9.17) is 4.74 Å². The van der Waals surface area contributed by atoms with Gasteiger partial charge >= 0.3 is 5.97 Å². The van der Waals surface area contributed by atoms with Gasteiger partial charge in [0, 0.05) is 24.3 Å². The van der Waals surface area contributed by atoms with Gasteiger partial charge in [-0.15, -0.1) is 0 Å². The van der Waals surface area contributed by atoms with Gasteiger partial charge < -0.3 is 10.1 Å². The van der Waals surface area contributed by atoms with E-state index < -0.39 is 0 Å². The highest BCUT2D eigenvalue weighted by Gasteiger charge is 2.33. The summed E-state index contributed by atoms with van der Waals surface area (Å²) in [6.07, 6.45) is 1.11. The molecule has 1 aromatic carbocycles. The molecule has 1 aliphatic rings. The van der Waals surface area contributed by atoms with Crippen LogP contribution in [0.2, 0.25) is 0 Å². The Hall–Kier alpha value is -1.55. The van der Waals surface area contributed by atoms with Crippen molar-refractivity contribution in [2.75, 3.05) is 25.5 Å². The van der Waals surface area contributed by atoms with Gasteiger partial charge in [0.25, 0.3) is 0 Å². The Morgan fingerprint density at radius 2 is 2.00 bits per heavy atom. The van der Waals surface area contributed by atoms with Crippen molar-refractivity contribution in [3.63, 3.8) is 0 Å². The summed E-state index contributed by atoms with van der Waals surface area (Å²) in [5.74, 6) is 0.298. The third-order valence-corrected chi connectivity index (χ3v) is 4.66. The molecular formula is C20H34N2O2. The highest BCUT2D eigenvalue weighted by atomic mass is 16.5. The first-order valence-corrected chi connectivity index (χ1v) is 9.26. The SMILES string of the molecule is CC.CCOC(=O)c1ccc2c(c1)C(N(C)C(C)C)C(CC)CN2. The predicted molar refractivity (Wildman–Crippen MR) is 102 cm³/mol. The summed E-state index contributed by atoms with van der Waals surface area (Å²) in [7, 11) is 2.17. The highest BCUT2D eigenvalue weighted by molar-refractivity contribution is 5.90. The van der Waals surface area contributed by atoms with Gasteiger partial charge in [-0.1, -0.05) is 20.8 Å². The molecule has 2 rings (SSSR count). The van der Waals surface area contributed by atoms with Gasteiger partial charge in [-0.25, -0.2) is 4.79 Å². The van der Waals surface area contributed by atoms with Gasteiger partial charge in [0.05, 0.1) is 12.2 Å². The van der Waals surface area contributed by atoms with Crippen LogP contribution in [0, 0.1) is 5.92 Å². The van der Waals surface area contributed by atoms with E-state index in [1.807, 2.05) is 39.0 Å². The number of nitrogens with zero attached hydrogens (tertiary/aromatic N) is 1. The topological polar surface area (TPSA) is 41.6 Å². The fourth-order valence-corrected chi connectivity index (χ4v) is 3.16. The quantitative estimate of drug-likeness (QED) is 0.791. The van der Waals surface area contributed by atoms with E-state index in [0.717, 1.165) is 18.7 Å². The Morgan fingerprint density at radius 1 is 1.33 bits per heavy atom. The average Bonchev–Trinajstić information content (AvgIpc) is 2.61. The van der Waals surface area contributed by atoms with E-state index in [9.17, 15) is 4.79 Å². The molecule has 0 fully saturated rings. The van der Waals surface area contributed by atoms with Crippen LogP contribution >= 0.6 is 0 Å². The lowest BCUT2D eigenvalue weighted by Crippen LogP contribution is -2.40. The minimum absolute atomic E-state index is 0.241. The second-order valence-electron chi connectivity index (χ2n) is 6.28. The van der Waals surface area contributed by atoms with Crippen LogP contribution in [0.15, 0.2) is 18.2 Å². The number of ether oxygens (including phenoxy) is 1. The Kier molecular flexibility index (Phi) is 8.26. The van der Waals surface area contributed by atoms with Crippen molar-refractivity contribution in [3.8, 4) is 0 Å². The molecule has 0 bridgehead atoms. The van der Waals surface area contributed by atoms with Crippen molar-refractivity contribution in [3.05, 3.63) is 29.3 Å². The Balaban J connectivity index is 0.00000139. The second-order valence-corrected chi connectivity index (χ2v) is 6.28. The Labute approximate surface area is 147 Å². The maximum Gasteiger partial charge on any atom is 0.338 e. The molecular weight excluding hydrogens is 300 g/mol. The van der Waals surface area contributed by atoms with Crippen LogP contribution in [0.25, 0.3) is 0 Å². The van der Waals surface area contributed by atoms with Crippen LogP contribution in [0.3, 0.4) is 0 Å². The number of carbonyl (C=O) groups is 1. The molecule has 2 atom stereocenters. The number of fused-ring (bicyclic) bond motifs is 1. The zero-order valence-corrected chi connectivity index (χ0v) is 16.3. The van der Waals surface area contributed by atoms with Gasteiger partial charge in [0.15, 0.2) is 0 Å². The Bertz CT molecular complexity index is 528. The molecule has 4 nitrogen and oxygen atoms in total. The molecule has 0 saturated carbocycles. The molecule has 4 heteroatoms. The average molecular weight is 335 g/mol. The van der Waals surface area contributed by atoms with E-state index in [1.54, 1.807) is 0 Å². The molecule has 1 heterocycles. The fraction of sp³-hybridized carbons (Fsp3) is 0.650. The zero-order chi connectivity index (χ0) is 18.3. The molecule has 136 valence electrons. The lowest BCUT2D eigenvalue weighted by Gasteiger charge is -2.41. The van der Waals surface area contributed by atoms with Crippen LogP contribution in [-0.4, -0.2) is 37.1 Å². The molecule has 0 amide bonds. The first-order valence-electron chi connectivity index (χ1n) is 9.26. The monoisotopic (exact) mass is 334 g/mol. The normalized spacial score (nSPS) is 19.2. The molecule has 0 aromatic heterocycles. The number of esters is 1. The number of hydrogen-bond donors (Lipinski definition) is 1. The van der Waals surface area contributed by atoms with Gasteiger partial charge in [-0.05, 0) is 63.9 Å². The first-order chi connectivity index (χ1) is 11.5. The van der Waals surface area contributed by atoms with Gasteiger partial charge in [0.2, 0.25) is 0 Å². The Morgan fingerprint density at radius 3 is 2.54 bits per heavy atom. The van der Waals surface area contributed by atoms with Crippen LogP contribution in [-0.2, 0) is 4.74 Å². The van der Waals surface area contributed by atoms with Crippen molar-refractivity contribution in [2.24, 2.45) is 5.92 Å². The third kappa shape index (κ3) is 4.50. The summed E-state index contributed by atoms with van der Waals surface area (Å²) in [4.78, 5) is 14.4. The van der Waals surface area contributed by atoms with Crippen molar-refractivity contribution in [1.82, 2.24) is 4.90 Å². The van der Waals surface area contributed by atoms with Gasteiger partial charge in [-0.2, -0.15) is 0 Å². The van der Waals surface area contributed by atoms with Crippen molar-refractivity contribution in [2.45, 2.75) is 60.0 Å². The van der Waals surface area contributed by atoms with Crippen LogP contribution in [0.5, 0.6) is 0 Å². The number of benzene rings is 1. The lowest BCUT2D eigenvalue weighted by atomic mass is 9.84. The molecule has 0 spiro atoms. The van der Waals surface area contributed by atoms with Gasteiger partial charge in [-0.3, -0.25) is 4.90 Å². The van der Waals surface area contributed by atoms with E-state index in [2.05, 4.69) is 38.0 Å². The summed E-state index contributed by atoms with van der Waals surface area (Å²) in [6.45, 7) is 13.9. The fourth-order valence-electron chi connectivity index (χ4n) is 3.16. The van der Waals surface area contributed by atoms with E-state index in [0.29, 0.717) is 30.2 Å². The lowest BCUT2D eigenvalue weighted by molar-refractivity contribution is 0.0525. The molecule has 1 aliphatic heterocycles. The van der Waals surface area contributed by atoms with Crippen molar-refractivity contribution < 1.29 is 9.53 Å². The highest BCUT2D eigenvalue weighted by Crippen LogP contribution is 2.39. The van der Waals surface area contributed by atoms with Crippen LogP contribution in [0.4, 0.5) is 5.69 Å². The second kappa shape index (κ2) is 9.67. The summed E-state index contributed by atoms with van der Waals surface area (Å²) in [6, 6.07) is 6.65. The maximum atomic E-state index is 12.0. The molecule has 1 N–H and O–H groups in total. The van der Waals surface area contributed by atoms with E-state index >= 15 is 0 Å². The summed E-state index contributed by atoms with van der Waals surface area (Å²) >= 11 is 0. The summed E-state index contributed by atoms with van der Waals surface area (Å²) in [5.41, 5.74) is 2.98. The molecule has 2 unspecified atom stereocenters.